The van der Waals surface area contributed by atoms with Crippen molar-refractivity contribution in [3.63, 3.8) is 0 Å². The molecule has 6 atom stereocenters. The van der Waals surface area contributed by atoms with Crippen LogP contribution in [0.25, 0.3) is 0 Å². The first-order valence-electron chi connectivity index (χ1n) is 12.9. The van der Waals surface area contributed by atoms with Crippen molar-refractivity contribution >= 4 is 35.0 Å². The maximum absolute atomic E-state index is 13.2. The van der Waals surface area contributed by atoms with E-state index in [4.69, 9.17) is 23.2 Å². The molecule has 186 valence electrons. The molecule has 0 spiro atoms. The molecule has 0 aromatic heterocycles. The lowest BCUT2D eigenvalue weighted by Gasteiger charge is -2.46. The number of carbonyl (C=O) groups is 2. The first-order chi connectivity index (χ1) is 16.7. The number of piperidine rings is 1. The molecule has 5 rings (SSSR count). The molecule has 2 aliphatic heterocycles. The molecule has 2 aromatic rings. The minimum absolute atomic E-state index is 0.0651. The quantitative estimate of drug-likeness (QED) is 0.490. The number of hydrogen-bond acceptors (Lipinski definition) is 2. The van der Waals surface area contributed by atoms with Crippen LogP contribution in [-0.2, 0) is 4.79 Å². The van der Waals surface area contributed by atoms with Crippen molar-refractivity contribution in [1.82, 2.24) is 10.2 Å². The minimum Gasteiger partial charge on any atom is -0.353 e. The van der Waals surface area contributed by atoms with Gasteiger partial charge >= 0.3 is 0 Å². The highest BCUT2D eigenvalue weighted by Crippen LogP contribution is 2.59. The van der Waals surface area contributed by atoms with Crippen LogP contribution in [0.4, 0.5) is 0 Å². The smallest absolute Gasteiger partial charge is 0.254 e. The van der Waals surface area contributed by atoms with Gasteiger partial charge in [-0.05, 0) is 93.2 Å². The van der Waals surface area contributed by atoms with Gasteiger partial charge in [-0.2, -0.15) is 0 Å². The molecule has 1 N–H and O–H groups in total. The van der Waals surface area contributed by atoms with Crippen molar-refractivity contribution in [2.45, 2.75) is 76.8 Å². The average Bonchev–Trinajstić information content (AvgIpc) is 3.07. The Morgan fingerprint density at radius 1 is 1.06 bits per heavy atom. The summed E-state index contributed by atoms with van der Waals surface area (Å²) in [6, 6.07) is 14.2. The van der Waals surface area contributed by atoms with Gasteiger partial charge in [0.15, 0.2) is 0 Å². The predicted octanol–water partition coefficient (Wildman–Crippen LogP) is 6.81. The maximum atomic E-state index is 13.2. The summed E-state index contributed by atoms with van der Waals surface area (Å²) in [6.45, 7) is 7.15. The van der Waals surface area contributed by atoms with E-state index in [1.807, 2.05) is 29.2 Å². The van der Waals surface area contributed by atoms with Gasteiger partial charge in [0.25, 0.3) is 5.91 Å². The number of rotatable bonds is 3. The van der Waals surface area contributed by atoms with Gasteiger partial charge in [0.05, 0.1) is 5.41 Å². The SMILES string of the molecule is CC1CCCCN1C(=O)c1ccc([C@@H]2CCC3(C)C(=O)N[C@H](C)[C@H]3[C@H]2c2ccc(Cl)cc2)c(Cl)c1. The molecule has 1 aliphatic carbocycles. The Bertz CT molecular complexity index is 1130. The van der Waals surface area contributed by atoms with E-state index in [0.29, 0.717) is 15.6 Å². The number of halogens is 2. The van der Waals surface area contributed by atoms with Crippen molar-refractivity contribution in [2.24, 2.45) is 11.3 Å². The van der Waals surface area contributed by atoms with E-state index in [2.05, 4.69) is 44.3 Å². The highest BCUT2D eigenvalue weighted by atomic mass is 35.5. The Labute approximate surface area is 218 Å². The van der Waals surface area contributed by atoms with Gasteiger partial charge in [0, 0.05) is 40.2 Å². The molecule has 35 heavy (non-hydrogen) atoms. The molecule has 0 bridgehead atoms. The molecular weight excluding hydrogens is 479 g/mol. The number of amides is 2. The Morgan fingerprint density at radius 3 is 2.49 bits per heavy atom. The summed E-state index contributed by atoms with van der Waals surface area (Å²) >= 11 is 13.1. The largest absolute Gasteiger partial charge is 0.353 e. The van der Waals surface area contributed by atoms with Gasteiger partial charge in [-0.15, -0.1) is 0 Å². The Kier molecular flexibility index (Phi) is 6.65. The van der Waals surface area contributed by atoms with Crippen LogP contribution >= 0.6 is 23.2 Å². The van der Waals surface area contributed by atoms with Crippen molar-refractivity contribution in [2.75, 3.05) is 6.54 Å². The summed E-state index contributed by atoms with van der Waals surface area (Å²) in [5.41, 5.74) is 2.48. The molecule has 2 aromatic carbocycles. The monoisotopic (exact) mass is 512 g/mol. The summed E-state index contributed by atoms with van der Waals surface area (Å²) < 4.78 is 0. The Balaban J connectivity index is 1.52. The zero-order valence-corrected chi connectivity index (χ0v) is 22.2. The van der Waals surface area contributed by atoms with E-state index >= 15 is 0 Å². The number of fused-ring (bicyclic) bond motifs is 1. The molecule has 0 radical (unpaired) electrons. The van der Waals surface area contributed by atoms with Crippen molar-refractivity contribution in [3.8, 4) is 0 Å². The van der Waals surface area contributed by atoms with Crippen LogP contribution in [0.3, 0.4) is 0 Å². The van der Waals surface area contributed by atoms with Crippen LogP contribution < -0.4 is 5.32 Å². The number of hydrogen-bond donors (Lipinski definition) is 1. The number of nitrogens with zero attached hydrogens (tertiary/aromatic N) is 1. The number of benzene rings is 2. The summed E-state index contributed by atoms with van der Waals surface area (Å²) in [7, 11) is 0. The topological polar surface area (TPSA) is 49.4 Å². The number of likely N-dealkylation sites (tertiary alicyclic amines) is 1. The third-order valence-electron chi connectivity index (χ3n) is 8.91. The molecule has 1 saturated carbocycles. The predicted molar refractivity (Wildman–Crippen MR) is 141 cm³/mol. The second kappa shape index (κ2) is 9.44. The van der Waals surface area contributed by atoms with E-state index in [9.17, 15) is 9.59 Å². The second-order valence-corrected chi connectivity index (χ2v) is 11.9. The van der Waals surface area contributed by atoms with E-state index in [0.717, 1.165) is 37.8 Å². The second-order valence-electron chi connectivity index (χ2n) is 11.0. The molecule has 4 nitrogen and oxygen atoms in total. The summed E-state index contributed by atoms with van der Waals surface area (Å²) in [4.78, 5) is 28.2. The first kappa shape index (κ1) is 24.6. The van der Waals surface area contributed by atoms with Gasteiger partial charge in [-0.3, -0.25) is 9.59 Å². The van der Waals surface area contributed by atoms with Crippen molar-refractivity contribution in [1.29, 1.82) is 0 Å². The van der Waals surface area contributed by atoms with Gasteiger partial charge in [-0.1, -0.05) is 48.3 Å². The fraction of sp³-hybridized carbons (Fsp3) is 0.517. The van der Waals surface area contributed by atoms with Crippen molar-refractivity contribution < 1.29 is 9.59 Å². The van der Waals surface area contributed by atoms with Gasteiger partial charge < -0.3 is 10.2 Å². The summed E-state index contributed by atoms with van der Waals surface area (Å²) in [5, 5.41) is 4.55. The Hall–Kier alpha value is -2.04. The minimum atomic E-state index is -0.410. The maximum Gasteiger partial charge on any atom is 0.254 e. The Morgan fingerprint density at radius 2 is 1.80 bits per heavy atom. The van der Waals surface area contributed by atoms with Crippen LogP contribution in [0.15, 0.2) is 42.5 Å². The number of carbonyl (C=O) groups excluding carboxylic acids is 2. The van der Waals surface area contributed by atoms with E-state index in [1.54, 1.807) is 0 Å². The average molecular weight is 514 g/mol. The highest BCUT2D eigenvalue weighted by molar-refractivity contribution is 6.32. The molecule has 2 saturated heterocycles. The van der Waals surface area contributed by atoms with E-state index < -0.39 is 5.41 Å². The van der Waals surface area contributed by atoms with Crippen molar-refractivity contribution in [3.05, 3.63) is 69.2 Å². The lowest BCUT2D eigenvalue weighted by Crippen LogP contribution is -2.42. The molecule has 2 heterocycles. The molecule has 2 unspecified atom stereocenters. The standard InChI is InChI=1S/C29H34Cl2N2O2/c1-17-6-4-5-15-33(17)27(34)20-9-12-22(24(31)16-20)23-13-14-29(3)26(18(2)32-28(29)35)25(23)19-7-10-21(30)11-8-19/h7-12,16-18,23,25-26H,4-6,13-15H2,1-3H3,(H,32,35)/t17?,18-,23+,25+,26+,29?/m1/s1. The summed E-state index contributed by atoms with van der Waals surface area (Å²) in [6.07, 6.45) is 4.95. The fourth-order valence-electron chi connectivity index (χ4n) is 7.04. The fourth-order valence-corrected chi connectivity index (χ4v) is 7.48. The third-order valence-corrected chi connectivity index (χ3v) is 9.49. The molecular formula is C29H34Cl2N2O2. The third kappa shape index (κ3) is 4.27. The normalized spacial score (nSPS) is 32.8. The first-order valence-corrected chi connectivity index (χ1v) is 13.6. The van der Waals surface area contributed by atoms with Gasteiger partial charge in [0.1, 0.15) is 0 Å². The lowest BCUT2D eigenvalue weighted by molar-refractivity contribution is -0.129. The molecule has 3 aliphatic rings. The highest BCUT2D eigenvalue weighted by Gasteiger charge is 2.57. The van der Waals surface area contributed by atoms with Crippen LogP contribution in [0.1, 0.15) is 86.2 Å². The van der Waals surface area contributed by atoms with Crippen LogP contribution in [0.2, 0.25) is 10.0 Å². The van der Waals surface area contributed by atoms with Gasteiger partial charge in [-0.25, -0.2) is 0 Å². The summed E-state index contributed by atoms with van der Waals surface area (Å²) in [5.74, 6) is 0.614. The molecule has 3 fully saturated rings. The number of nitrogens with one attached hydrogen (secondary N) is 1. The lowest BCUT2D eigenvalue weighted by atomic mass is 9.56. The van der Waals surface area contributed by atoms with Crippen LogP contribution in [0.5, 0.6) is 0 Å². The van der Waals surface area contributed by atoms with Crippen LogP contribution in [-0.4, -0.2) is 35.3 Å². The van der Waals surface area contributed by atoms with Gasteiger partial charge in [0.2, 0.25) is 5.91 Å². The zero-order valence-electron chi connectivity index (χ0n) is 20.7. The van der Waals surface area contributed by atoms with E-state index in [1.165, 1.54) is 12.0 Å². The molecule has 6 heteroatoms. The van der Waals surface area contributed by atoms with E-state index in [-0.39, 0.29) is 41.7 Å². The van der Waals surface area contributed by atoms with Crippen LogP contribution in [0, 0.1) is 11.3 Å². The molecule has 2 amide bonds. The zero-order chi connectivity index (χ0) is 24.9.